The maximum Gasteiger partial charge on any atom is 0.223 e. The predicted octanol–water partition coefficient (Wildman–Crippen LogP) is 3.53. The van der Waals surface area contributed by atoms with E-state index in [0.29, 0.717) is 13.1 Å². The van der Waals surface area contributed by atoms with Crippen molar-refractivity contribution in [2.45, 2.75) is 26.7 Å². The van der Waals surface area contributed by atoms with Crippen LogP contribution in [0.3, 0.4) is 0 Å². The first-order valence-electron chi connectivity index (χ1n) is 6.59. The molecule has 1 amide bonds. The molecule has 0 fully saturated rings. The van der Waals surface area contributed by atoms with Crippen molar-refractivity contribution in [2.24, 2.45) is 0 Å². The fourth-order valence-electron chi connectivity index (χ4n) is 2.01. The highest BCUT2D eigenvalue weighted by atomic mass is 32.1. The molecule has 0 aliphatic heterocycles. The molecule has 0 bridgehead atoms. The summed E-state index contributed by atoms with van der Waals surface area (Å²) in [5.74, 6) is 0.000103. The van der Waals surface area contributed by atoms with Crippen molar-refractivity contribution < 1.29 is 9.59 Å². The molecule has 1 rings (SSSR count). The smallest absolute Gasteiger partial charge is 0.223 e. The number of carbonyl (C=O) groups is 2. The van der Waals surface area contributed by atoms with Gasteiger partial charge >= 0.3 is 0 Å². The third-order valence-electron chi connectivity index (χ3n) is 2.96. The Morgan fingerprint density at radius 1 is 1.20 bits per heavy atom. The largest absolute Gasteiger partial charge is 0.335 e. The van der Waals surface area contributed by atoms with E-state index in [1.54, 1.807) is 28.4 Å². The van der Waals surface area contributed by atoms with Crippen LogP contribution < -0.4 is 0 Å². The van der Waals surface area contributed by atoms with Gasteiger partial charge in [0, 0.05) is 41.2 Å². The fourth-order valence-corrected chi connectivity index (χ4v) is 2.95. The summed E-state index contributed by atoms with van der Waals surface area (Å²) in [5, 5.41) is 0. The van der Waals surface area contributed by atoms with Gasteiger partial charge in [-0.25, -0.2) is 0 Å². The summed E-state index contributed by atoms with van der Waals surface area (Å²) < 4.78 is 0. The molecule has 0 N–H and O–H groups in total. The van der Waals surface area contributed by atoms with Crippen LogP contribution in [0.25, 0.3) is 0 Å². The molecule has 0 unspecified atom stereocenters. The zero-order valence-electron chi connectivity index (χ0n) is 12.1. The van der Waals surface area contributed by atoms with Crippen LogP contribution in [-0.4, -0.2) is 29.7 Å². The van der Waals surface area contributed by atoms with E-state index in [-0.39, 0.29) is 24.5 Å². The molecule has 1 aromatic heterocycles. The number of nitrogens with zero attached hydrogens (tertiary/aromatic N) is 1. The molecular weight excluding hydrogens is 270 g/mol. The summed E-state index contributed by atoms with van der Waals surface area (Å²) in [7, 11) is 0. The normalized spacial score (nSPS) is 10.1. The second kappa shape index (κ2) is 7.80. The number of thiophene rings is 1. The molecule has 0 atom stereocenters. The molecule has 1 heterocycles. The fraction of sp³-hybridized carbons (Fsp3) is 0.375. The Hall–Kier alpha value is -1.68. The molecule has 0 spiro atoms. The minimum Gasteiger partial charge on any atom is -0.335 e. The quantitative estimate of drug-likeness (QED) is 0.543. The van der Waals surface area contributed by atoms with E-state index in [2.05, 4.69) is 13.2 Å². The second-order valence-electron chi connectivity index (χ2n) is 4.63. The molecule has 0 saturated carbocycles. The minimum atomic E-state index is -0.0391. The van der Waals surface area contributed by atoms with Crippen molar-refractivity contribution in [1.82, 2.24) is 4.90 Å². The predicted molar refractivity (Wildman–Crippen MR) is 84.3 cm³/mol. The first-order valence-corrected chi connectivity index (χ1v) is 7.41. The van der Waals surface area contributed by atoms with Gasteiger partial charge in [0.1, 0.15) is 0 Å². The lowest BCUT2D eigenvalue weighted by Gasteiger charge is -2.18. The van der Waals surface area contributed by atoms with E-state index >= 15 is 0 Å². The van der Waals surface area contributed by atoms with Gasteiger partial charge in [-0.05, 0) is 19.9 Å². The number of aryl methyl sites for hydroxylation is 2. The first kappa shape index (κ1) is 16.4. The summed E-state index contributed by atoms with van der Waals surface area (Å²) in [6, 6.07) is 1.90. The van der Waals surface area contributed by atoms with Gasteiger partial charge in [0.2, 0.25) is 5.91 Å². The molecule has 0 radical (unpaired) electrons. The van der Waals surface area contributed by atoms with Gasteiger partial charge in [0.15, 0.2) is 5.78 Å². The van der Waals surface area contributed by atoms with E-state index in [4.69, 9.17) is 0 Å². The highest BCUT2D eigenvalue weighted by Crippen LogP contribution is 2.22. The van der Waals surface area contributed by atoms with Crippen LogP contribution in [0, 0.1) is 13.8 Å². The SMILES string of the molecule is C=CCN(CC=C)C(=O)CCC(=O)c1cc(C)sc1C. The molecular formula is C16H21NO2S. The second-order valence-corrected chi connectivity index (χ2v) is 6.09. The van der Waals surface area contributed by atoms with Crippen LogP contribution in [0.2, 0.25) is 0 Å². The standard InChI is InChI=1S/C16H21NO2S/c1-5-9-17(10-6-2)16(19)8-7-15(18)14-11-12(3)20-13(14)4/h5-6,11H,1-2,7-10H2,3-4H3. The van der Waals surface area contributed by atoms with Crippen molar-refractivity contribution in [1.29, 1.82) is 0 Å². The summed E-state index contributed by atoms with van der Waals surface area (Å²) in [6.07, 6.45) is 3.83. The molecule has 0 aromatic carbocycles. The molecule has 20 heavy (non-hydrogen) atoms. The van der Waals surface area contributed by atoms with Crippen LogP contribution in [-0.2, 0) is 4.79 Å². The lowest BCUT2D eigenvalue weighted by atomic mass is 10.1. The number of carbonyl (C=O) groups excluding carboxylic acids is 2. The van der Waals surface area contributed by atoms with Crippen molar-refractivity contribution >= 4 is 23.0 Å². The zero-order valence-corrected chi connectivity index (χ0v) is 13.0. The van der Waals surface area contributed by atoms with E-state index in [1.165, 1.54) is 0 Å². The van der Waals surface area contributed by atoms with E-state index in [0.717, 1.165) is 15.3 Å². The van der Waals surface area contributed by atoms with Gasteiger partial charge in [0.25, 0.3) is 0 Å². The molecule has 108 valence electrons. The first-order chi connectivity index (χ1) is 9.49. The lowest BCUT2D eigenvalue weighted by molar-refractivity contribution is -0.130. The van der Waals surface area contributed by atoms with Crippen molar-refractivity contribution in [2.75, 3.05) is 13.1 Å². The van der Waals surface area contributed by atoms with Gasteiger partial charge in [0.05, 0.1) is 0 Å². The van der Waals surface area contributed by atoms with Crippen LogP contribution in [0.15, 0.2) is 31.4 Å². The molecule has 4 heteroatoms. The average Bonchev–Trinajstić information content (AvgIpc) is 2.74. The van der Waals surface area contributed by atoms with Crippen molar-refractivity contribution in [3.63, 3.8) is 0 Å². The van der Waals surface area contributed by atoms with E-state index in [1.807, 2.05) is 19.9 Å². The number of ketones is 1. The number of rotatable bonds is 8. The summed E-state index contributed by atoms with van der Waals surface area (Å²) in [5.41, 5.74) is 0.749. The van der Waals surface area contributed by atoms with Gasteiger partial charge in [-0.3, -0.25) is 9.59 Å². The monoisotopic (exact) mass is 291 g/mol. The summed E-state index contributed by atoms with van der Waals surface area (Å²) in [6.45, 7) is 12.1. The molecule has 0 saturated heterocycles. The number of hydrogen-bond donors (Lipinski definition) is 0. The Morgan fingerprint density at radius 3 is 2.25 bits per heavy atom. The maximum absolute atomic E-state index is 12.1. The van der Waals surface area contributed by atoms with Gasteiger partial charge in [-0.1, -0.05) is 12.2 Å². The molecule has 1 aromatic rings. The van der Waals surface area contributed by atoms with Crippen LogP contribution in [0.1, 0.15) is 33.0 Å². The third kappa shape index (κ3) is 4.46. The number of Topliss-reactive ketones (excluding diaryl/α,β-unsaturated/α-hetero) is 1. The molecule has 0 aliphatic carbocycles. The lowest BCUT2D eigenvalue weighted by Crippen LogP contribution is -2.31. The highest BCUT2D eigenvalue weighted by molar-refractivity contribution is 7.12. The van der Waals surface area contributed by atoms with Gasteiger partial charge in [-0.2, -0.15) is 0 Å². The molecule has 3 nitrogen and oxygen atoms in total. The third-order valence-corrected chi connectivity index (χ3v) is 3.92. The van der Waals surface area contributed by atoms with Crippen LogP contribution in [0.4, 0.5) is 0 Å². The Morgan fingerprint density at radius 2 is 1.80 bits per heavy atom. The number of hydrogen-bond acceptors (Lipinski definition) is 3. The Balaban J connectivity index is 2.59. The van der Waals surface area contributed by atoms with Crippen molar-refractivity contribution in [3.8, 4) is 0 Å². The Labute approximate surface area is 124 Å². The van der Waals surface area contributed by atoms with Crippen LogP contribution in [0.5, 0.6) is 0 Å². The zero-order chi connectivity index (χ0) is 15.1. The maximum atomic E-state index is 12.1. The molecule has 0 aliphatic rings. The van der Waals surface area contributed by atoms with Crippen LogP contribution >= 0.6 is 11.3 Å². The van der Waals surface area contributed by atoms with E-state index in [9.17, 15) is 9.59 Å². The minimum absolute atomic E-state index is 0.0391. The van der Waals surface area contributed by atoms with E-state index < -0.39 is 0 Å². The van der Waals surface area contributed by atoms with Gasteiger partial charge < -0.3 is 4.90 Å². The van der Waals surface area contributed by atoms with Crippen molar-refractivity contribution in [3.05, 3.63) is 46.7 Å². The Kier molecular flexibility index (Phi) is 6.39. The summed E-state index contributed by atoms with van der Waals surface area (Å²) in [4.78, 5) is 27.9. The average molecular weight is 291 g/mol. The van der Waals surface area contributed by atoms with Gasteiger partial charge in [-0.15, -0.1) is 24.5 Å². The Bertz CT molecular complexity index is 507. The number of amides is 1. The topological polar surface area (TPSA) is 37.4 Å². The highest BCUT2D eigenvalue weighted by Gasteiger charge is 2.16. The summed E-state index contributed by atoms with van der Waals surface area (Å²) >= 11 is 1.61.